The topological polar surface area (TPSA) is 214 Å². The smallest absolute Gasteiger partial charge is 0.407 e. The summed E-state index contributed by atoms with van der Waals surface area (Å²) in [6, 6.07) is 22.6. The van der Waals surface area contributed by atoms with Crippen LogP contribution in [0.15, 0.2) is 91.4 Å². The van der Waals surface area contributed by atoms with E-state index in [1.807, 2.05) is 54.7 Å². The third kappa shape index (κ3) is 8.57. The molecule has 16 heteroatoms. The van der Waals surface area contributed by atoms with E-state index in [4.69, 9.17) is 24.9 Å². The number of amides is 4. The van der Waals surface area contributed by atoms with Gasteiger partial charge in [-0.2, -0.15) is 0 Å². The number of aromatic amines is 3. The van der Waals surface area contributed by atoms with Crippen LogP contribution >= 0.6 is 0 Å². The zero-order valence-corrected chi connectivity index (χ0v) is 34.2. The second kappa shape index (κ2) is 17.7. The molecular weight excluding hydrogens is 779 g/mol. The Morgan fingerprint density at radius 1 is 0.787 bits per heavy atom. The first-order valence-corrected chi connectivity index (χ1v) is 20.4. The van der Waals surface area contributed by atoms with Crippen LogP contribution in [0, 0.1) is 0 Å². The first kappa shape index (κ1) is 40.8. The summed E-state index contributed by atoms with van der Waals surface area (Å²) in [7, 11) is 2.75. The third-order valence-corrected chi connectivity index (χ3v) is 11.8. The maximum absolute atomic E-state index is 14.0. The lowest BCUT2D eigenvalue weighted by Crippen LogP contribution is -2.54. The average molecular weight is 828 g/mol. The molecule has 4 amide bonds. The van der Waals surface area contributed by atoms with Gasteiger partial charge >= 0.3 is 12.2 Å². The molecule has 3 aromatic heterocycles. The number of carbonyl (C=O) groups is 4. The van der Waals surface area contributed by atoms with Crippen molar-refractivity contribution in [1.29, 1.82) is 0 Å². The quantitative estimate of drug-likeness (QED) is 0.0869. The van der Waals surface area contributed by atoms with Crippen LogP contribution in [-0.2, 0) is 30.2 Å². The summed E-state index contributed by atoms with van der Waals surface area (Å²) < 4.78 is 15.6. The van der Waals surface area contributed by atoms with Crippen LogP contribution in [0.5, 0.6) is 0 Å². The number of fused-ring (bicyclic) bond motifs is 1. The second-order valence-corrected chi connectivity index (χ2v) is 15.4. The van der Waals surface area contributed by atoms with Gasteiger partial charge in [-0.05, 0) is 66.5 Å². The summed E-state index contributed by atoms with van der Waals surface area (Å²) in [6.07, 6.45) is 5.28. The molecule has 3 aromatic carbocycles. The van der Waals surface area contributed by atoms with Crippen molar-refractivity contribution in [3.8, 4) is 33.6 Å². The van der Waals surface area contributed by atoms with Crippen molar-refractivity contribution in [3.05, 3.63) is 109 Å². The number of H-pyrrole nitrogens is 3. The number of rotatable bonds is 13. The van der Waals surface area contributed by atoms with E-state index in [0.29, 0.717) is 31.2 Å². The molecule has 316 valence electrons. The van der Waals surface area contributed by atoms with Crippen molar-refractivity contribution in [2.75, 3.05) is 27.3 Å². The molecule has 61 heavy (non-hydrogen) atoms. The number of benzene rings is 3. The number of carbonyl (C=O) groups excluding carboxylic acids is 4. The molecule has 2 aliphatic rings. The predicted molar refractivity (Wildman–Crippen MR) is 227 cm³/mol. The maximum atomic E-state index is 14.0. The normalized spacial score (nSPS) is 17.9. The molecule has 5 atom stereocenters. The van der Waals surface area contributed by atoms with Gasteiger partial charge in [-0.1, -0.05) is 66.7 Å². The molecule has 2 fully saturated rings. The number of primary amides is 1. The number of nitrogens with one attached hydrogen (secondary N) is 4. The molecule has 0 radical (unpaired) electrons. The van der Waals surface area contributed by atoms with Crippen LogP contribution in [0.1, 0.15) is 61.9 Å². The van der Waals surface area contributed by atoms with Gasteiger partial charge in [0.1, 0.15) is 17.7 Å². The molecular formula is C45H49N9O7. The lowest BCUT2D eigenvalue weighted by atomic mass is 10.0. The number of nitrogens with zero attached hydrogens (tertiary/aromatic N) is 4. The molecule has 0 bridgehead atoms. The van der Waals surface area contributed by atoms with E-state index in [1.54, 1.807) is 29.1 Å². The van der Waals surface area contributed by atoms with Crippen LogP contribution in [-0.4, -0.2) is 104 Å². The molecule has 6 aromatic rings. The van der Waals surface area contributed by atoms with E-state index in [0.717, 1.165) is 69.4 Å². The summed E-state index contributed by atoms with van der Waals surface area (Å²) >= 11 is 0. The summed E-state index contributed by atoms with van der Waals surface area (Å²) in [4.78, 5) is 74.5. The van der Waals surface area contributed by atoms with Crippen molar-refractivity contribution >= 4 is 34.9 Å². The molecule has 2 saturated heterocycles. The Bertz CT molecular complexity index is 2510. The first-order chi connectivity index (χ1) is 29.6. The van der Waals surface area contributed by atoms with Crippen molar-refractivity contribution in [1.82, 2.24) is 40.0 Å². The van der Waals surface area contributed by atoms with Crippen LogP contribution in [0.25, 0.3) is 44.5 Å². The minimum atomic E-state index is -1.08. The number of hydrogen-bond donors (Lipinski definition) is 5. The first-order valence-electron chi connectivity index (χ1n) is 20.4. The van der Waals surface area contributed by atoms with E-state index < -0.39 is 30.4 Å². The van der Waals surface area contributed by atoms with Gasteiger partial charge in [-0.15, -0.1) is 0 Å². The molecule has 8 rings (SSSR count). The van der Waals surface area contributed by atoms with Gasteiger partial charge < -0.3 is 50.0 Å². The Morgan fingerprint density at radius 3 is 1.87 bits per heavy atom. The monoisotopic (exact) mass is 827 g/mol. The SMILES string of the molecule is COC(=O)N[C@H](C(=O)N1CCC[C@H]1c1ncc(-c2ccc(-c3ccc(-c4cnc([C@@H]5CCCN5C(=O)[C@H](Cc5c[nH]c6ccccc56)OC(N)=O)[nH]4)cc3)cc2)[nH]1)[C@@H](C)OC. The van der Waals surface area contributed by atoms with Crippen molar-refractivity contribution in [2.24, 2.45) is 5.73 Å². The molecule has 6 N–H and O–H groups in total. The zero-order chi connectivity index (χ0) is 42.6. The van der Waals surface area contributed by atoms with Crippen molar-refractivity contribution < 1.29 is 33.4 Å². The highest BCUT2D eigenvalue weighted by Gasteiger charge is 2.39. The Hall–Kier alpha value is -6.94. The van der Waals surface area contributed by atoms with Crippen molar-refractivity contribution in [2.45, 2.75) is 69.4 Å². The van der Waals surface area contributed by atoms with Gasteiger partial charge in [0.05, 0.1) is 49.1 Å². The second-order valence-electron chi connectivity index (χ2n) is 15.4. The van der Waals surface area contributed by atoms with Crippen LogP contribution in [0.4, 0.5) is 9.59 Å². The molecule has 16 nitrogen and oxygen atoms in total. The summed E-state index contributed by atoms with van der Waals surface area (Å²) in [5, 5.41) is 3.58. The van der Waals surface area contributed by atoms with Gasteiger partial charge in [0.25, 0.3) is 5.91 Å². The summed E-state index contributed by atoms with van der Waals surface area (Å²) in [5.41, 5.74) is 12.8. The lowest BCUT2D eigenvalue weighted by molar-refractivity contribution is -0.141. The minimum absolute atomic E-state index is 0.190. The largest absolute Gasteiger partial charge is 0.453 e. The zero-order valence-electron chi connectivity index (χ0n) is 34.2. The lowest BCUT2D eigenvalue weighted by Gasteiger charge is -2.30. The van der Waals surface area contributed by atoms with Gasteiger partial charge in [0, 0.05) is 43.7 Å². The Labute approximate surface area is 352 Å². The average Bonchev–Trinajstić information content (AvgIpc) is 4.14. The minimum Gasteiger partial charge on any atom is -0.453 e. The summed E-state index contributed by atoms with van der Waals surface area (Å²) in [6.45, 7) is 2.77. The number of hydrogen-bond acceptors (Lipinski definition) is 9. The maximum Gasteiger partial charge on any atom is 0.407 e. The van der Waals surface area contributed by atoms with E-state index >= 15 is 0 Å². The van der Waals surface area contributed by atoms with E-state index in [9.17, 15) is 19.2 Å². The Balaban J connectivity index is 0.918. The Kier molecular flexibility index (Phi) is 11.9. The van der Waals surface area contributed by atoms with Gasteiger partial charge in [-0.3, -0.25) is 9.59 Å². The van der Waals surface area contributed by atoms with Gasteiger partial charge in [0.2, 0.25) is 5.91 Å². The molecule has 5 heterocycles. The summed E-state index contributed by atoms with van der Waals surface area (Å²) in [5.74, 6) is 0.786. The number of methoxy groups -OCH3 is 2. The number of aromatic nitrogens is 5. The number of ether oxygens (including phenoxy) is 3. The molecule has 0 saturated carbocycles. The molecule has 2 aliphatic heterocycles. The number of likely N-dealkylation sites (tertiary alicyclic amines) is 2. The highest BCUT2D eigenvalue weighted by atomic mass is 16.6. The number of para-hydroxylation sites is 1. The van der Waals surface area contributed by atoms with Crippen molar-refractivity contribution in [3.63, 3.8) is 0 Å². The number of alkyl carbamates (subject to hydrolysis) is 1. The van der Waals surface area contributed by atoms with Crippen LogP contribution < -0.4 is 11.1 Å². The third-order valence-electron chi connectivity index (χ3n) is 11.8. The van der Waals surface area contributed by atoms with E-state index in [1.165, 1.54) is 14.2 Å². The fraction of sp³-hybridized carbons (Fsp3) is 0.333. The standard InChI is InChI=1S/C45H49N9O7/c1-26(59-2)39(52-45(58)60-3)43(56)54-21-7-11-37(54)41-49-25-35(51-41)30-18-14-28(15-19-30)27-12-16-29(17-13-27)34-24-48-40(50-34)36-10-6-20-53(36)42(55)38(61-44(46)57)22-31-23-47-33-9-5-4-8-32(31)33/h4-5,8-9,12-19,23-26,36-39,47H,6-7,10-11,20-22H2,1-3H3,(H2,46,57)(H,48,50)(H,49,51)(H,52,58)/t26-,36+,37+,38+,39+/m1/s1. The molecule has 0 aliphatic carbocycles. The fourth-order valence-corrected chi connectivity index (χ4v) is 8.50. The van der Waals surface area contributed by atoms with Gasteiger partial charge in [-0.25, -0.2) is 19.6 Å². The molecule has 0 spiro atoms. The van der Waals surface area contributed by atoms with E-state index in [-0.39, 0.29) is 30.3 Å². The molecule has 0 unspecified atom stereocenters. The predicted octanol–water partition coefficient (Wildman–Crippen LogP) is 6.41. The van der Waals surface area contributed by atoms with Crippen LogP contribution in [0.2, 0.25) is 0 Å². The Morgan fingerprint density at radius 2 is 1.33 bits per heavy atom. The number of imidazole rings is 2. The highest BCUT2D eigenvalue weighted by Crippen LogP contribution is 2.35. The number of nitrogens with two attached hydrogens (primary N) is 1. The fourth-order valence-electron chi connectivity index (χ4n) is 8.50. The van der Waals surface area contributed by atoms with Crippen LogP contribution in [0.3, 0.4) is 0 Å². The van der Waals surface area contributed by atoms with Gasteiger partial charge in [0.15, 0.2) is 6.10 Å². The van der Waals surface area contributed by atoms with E-state index in [2.05, 4.69) is 49.5 Å². The highest BCUT2D eigenvalue weighted by molar-refractivity contribution is 5.88.